The average molecular weight is 313 g/mol. The first-order valence-electron chi connectivity index (χ1n) is 7.49. The number of ketones is 1. The van der Waals surface area contributed by atoms with Crippen molar-refractivity contribution in [1.29, 1.82) is 5.26 Å². The molecule has 0 N–H and O–H groups in total. The lowest BCUT2D eigenvalue weighted by Crippen LogP contribution is -2.37. The van der Waals surface area contributed by atoms with Crippen LogP contribution in [0.5, 0.6) is 0 Å². The number of aryl methyl sites for hydroxylation is 1. The standard InChI is InChI=1S/C19H23NO3/c1-14-8-6-7-9-16(14)12-19(13-20,11-10-15(2)21)17(22)23-18(3,4)5/h6-11H,12H2,1-5H3/b11-10-/t19-/m0/s1. The molecule has 0 unspecified atom stereocenters. The third kappa shape index (κ3) is 5.37. The Labute approximate surface area is 137 Å². The number of hydrogen-bond acceptors (Lipinski definition) is 4. The summed E-state index contributed by atoms with van der Waals surface area (Å²) in [7, 11) is 0. The van der Waals surface area contributed by atoms with Crippen molar-refractivity contribution in [2.75, 3.05) is 0 Å². The molecule has 0 aromatic heterocycles. The number of rotatable bonds is 5. The normalized spacial score (nSPS) is 14.1. The first kappa shape index (κ1) is 18.6. The van der Waals surface area contributed by atoms with Crippen molar-refractivity contribution in [2.24, 2.45) is 5.41 Å². The van der Waals surface area contributed by atoms with Crippen LogP contribution in [0.3, 0.4) is 0 Å². The lowest BCUT2D eigenvalue weighted by molar-refractivity contribution is -0.161. The smallest absolute Gasteiger partial charge is 0.331 e. The summed E-state index contributed by atoms with van der Waals surface area (Å²) in [5, 5.41) is 9.70. The maximum absolute atomic E-state index is 12.6. The van der Waals surface area contributed by atoms with Gasteiger partial charge in [-0.25, -0.2) is 4.79 Å². The van der Waals surface area contributed by atoms with Crippen LogP contribution in [0, 0.1) is 23.7 Å². The van der Waals surface area contributed by atoms with Gasteiger partial charge < -0.3 is 4.74 Å². The Kier molecular flexibility index (Phi) is 5.86. The average Bonchev–Trinajstić information content (AvgIpc) is 2.43. The summed E-state index contributed by atoms with van der Waals surface area (Å²) < 4.78 is 5.41. The SMILES string of the molecule is CC(=O)/C=C\[C@@](C#N)(Cc1ccccc1C)C(=O)OC(C)(C)C. The lowest BCUT2D eigenvalue weighted by atomic mass is 9.81. The molecule has 0 amide bonds. The van der Waals surface area contributed by atoms with E-state index < -0.39 is 17.0 Å². The van der Waals surface area contributed by atoms with Gasteiger partial charge in [-0.05, 0) is 57.9 Å². The summed E-state index contributed by atoms with van der Waals surface area (Å²) in [6.45, 7) is 8.53. The topological polar surface area (TPSA) is 67.2 Å². The summed E-state index contributed by atoms with van der Waals surface area (Å²) in [5.74, 6) is -0.869. The highest BCUT2D eigenvalue weighted by Crippen LogP contribution is 2.29. The van der Waals surface area contributed by atoms with Gasteiger partial charge in [-0.3, -0.25) is 4.79 Å². The molecule has 0 heterocycles. The van der Waals surface area contributed by atoms with Crippen molar-refractivity contribution in [3.05, 3.63) is 47.5 Å². The van der Waals surface area contributed by atoms with Crippen LogP contribution in [-0.2, 0) is 20.7 Å². The van der Waals surface area contributed by atoms with E-state index in [9.17, 15) is 14.9 Å². The molecule has 4 heteroatoms. The van der Waals surface area contributed by atoms with Crippen molar-refractivity contribution >= 4 is 11.8 Å². The first-order chi connectivity index (χ1) is 10.6. The maximum atomic E-state index is 12.6. The fourth-order valence-electron chi connectivity index (χ4n) is 2.06. The van der Waals surface area contributed by atoms with Crippen molar-refractivity contribution in [1.82, 2.24) is 0 Å². The fraction of sp³-hybridized carbons (Fsp3) is 0.421. The number of esters is 1. The van der Waals surface area contributed by atoms with E-state index in [0.29, 0.717) is 0 Å². The molecule has 0 bridgehead atoms. The third-order valence-electron chi connectivity index (χ3n) is 3.30. The predicted molar refractivity (Wildman–Crippen MR) is 88.6 cm³/mol. The minimum absolute atomic E-state index is 0.162. The number of ether oxygens (including phenoxy) is 1. The second-order valence-electron chi connectivity index (χ2n) is 6.63. The Bertz CT molecular complexity index is 662. The van der Waals surface area contributed by atoms with Crippen LogP contribution in [-0.4, -0.2) is 17.4 Å². The van der Waals surface area contributed by atoms with Gasteiger partial charge in [0.1, 0.15) is 5.60 Å². The summed E-state index contributed by atoms with van der Waals surface area (Å²) in [6, 6.07) is 9.59. The van der Waals surface area contributed by atoms with Gasteiger partial charge in [0, 0.05) is 6.42 Å². The molecule has 0 aliphatic carbocycles. The molecule has 1 atom stereocenters. The van der Waals surface area contributed by atoms with E-state index in [4.69, 9.17) is 4.74 Å². The zero-order valence-electron chi connectivity index (χ0n) is 14.3. The number of carbonyl (C=O) groups excluding carboxylic acids is 2. The van der Waals surface area contributed by atoms with E-state index in [1.165, 1.54) is 19.1 Å². The van der Waals surface area contributed by atoms with Crippen molar-refractivity contribution in [3.63, 3.8) is 0 Å². The molecule has 1 rings (SSSR count). The Morgan fingerprint density at radius 3 is 2.35 bits per heavy atom. The van der Waals surface area contributed by atoms with Crippen LogP contribution in [0.4, 0.5) is 0 Å². The van der Waals surface area contributed by atoms with Crippen LogP contribution < -0.4 is 0 Å². The molecule has 1 aromatic rings. The molecule has 0 aliphatic heterocycles. The van der Waals surface area contributed by atoms with Gasteiger partial charge in [0.25, 0.3) is 0 Å². The van der Waals surface area contributed by atoms with Gasteiger partial charge in [0.05, 0.1) is 6.07 Å². The molecule has 0 saturated heterocycles. The maximum Gasteiger partial charge on any atom is 0.331 e. The van der Waals surface area contributed by atoms with E-state index >= 15 is 0 Å². The van der Waals surface area contributed by atoms with E-state index in [-0.39, 0.29) is 12.2 Å². The molecular weight excluding hydrogens is 290 g/mol. The molecule has 0 spiro atoms. The number of nitrogens with zero attached hydrogens (tertiary/aromatic N) is 1. The van der Waals surface area contributed by atoms with Crippen molar-refractivity contribution < 1.29 is 14.3 Å². The molecular formula is C19H23NO3. The fourth-order valence-corrected chi connectivity index (χ4v) is 2.06. The summed E-state index contributed by atoms with van der Waals surface area (Å²) in [6.07, 6.45) is 2.77. The van der Waals surface area contributed by atoms with Gasteiger partial charge in [0.2, 0.25) is 0 Å². The highest BCUT2D eigenvalue weighted by Gasteiger charge is 2.40. The van der Waals surface area contributed by atoms with Gasteiger partial charge in [-0.1, -0.05) is 24.3 Å². The van der Waals surface area contributed by atoms with Crippen LogP contribution in [0.2, 0.25) is 0 Å². The van der Waals surface area contributed by atoms with Crippen LogP contribution >= 0.6 is 0 Å². The summed E-state index contributed by atoms with van der Waals surface area (Å²) in [5.41, 5.74) is -0.389. The van der Waals surface area contributed by atoms with E-state index in [1.54, 1.807) is 20.8 Å². The second kappa shape index (κ2) is 7.23. The van der Waals surface area contributed by atoms with E-state index in [2.05, 4.69) is 6.07 Å². The molecule has 0 saturated carbocycles. The molecule has 23 heavy (non-hydrogen) atoms. The monoisotopic (exact) mass is 313 g/mol. The summed E-state index contributed by atoms with van der Waals surface area (Å²) >= 11 is 0. The largest absolute Gasteiger partial charge is 0.459 e. The zero-order valence-corrected chi connectivity index (χ0v) is 14.3. The zero-order chi connectivity index (χ0) is 17.7. The highest BCUT2D eigenvalue weighted by atomic mass is 16.6. The van der Waals surface area contributed by atoms with Crippen LogP contribution in [0.15, 0.2) is 36.4 Å². The minimum atomic E-state index is -1.52. The molecule has 4 nitrogen and oxygen atoms in total. The molecule has 0 radical (unpaired) electrons. The molecule has 0 fully saturated rings. The minimum Gasteiger partial charge on any atom is -0.459 e. The molecule has 1 aromatic carbocycles. The van der Waals surface area contributed by atoms with E-state index in [1.807, 2.05) is 31.2 Å². The number of benzene rings is 1. The Morgan fingerprint density at radius 2 is 1.87 bits per heavy atom. The highest BCUT2D eigenvalue weighted by molar-refractivity contribution is 5.90. The number of carbonyl (C=O) groups is 2. The number of nitriles is 1. The third-order valence-corrected chi connectivity index (χ3v) is 3.30. The predicted octanol–water partition coefficient (Wildman–Crippen LogP) is 3.53. The van der Waals surface area contributed by atoms with Gasteiger partial charge >= 0.3 is 5.97 Å². The molecule has 122 valence electrons. The van der Waals surface area contributed by atoms with Crippen LogP contribution in [0.25, 0.3) is 0 Å². The first-order valence-corrected chi connectivity index (χ1v) is 7.49. The number of hydrogen-bond donors (Lipinski definition) is 0. The Hall–Kier alpha value is -2.41. The van der Waals surface area contributed by atoms with Gasteiger partial charge in [0.15, 0.2) is 11.2 Å². The van der Waals surface area contributed by atoms with Gasteiger partial charge in [-0.2, -0.15) is 5.26 Å². The lowest BCUT2D eigenvalue weighted by Gasteiger charge is -2.27. The summed E-state index contributed by atoms with van der Waals surface area (Å²) in [4.78, 5) is 23.9. The van der Waals surface area contributed by atoms with Gasteiger partial charge in [-0.15, -0.1) is 0 Å². The van der Waals surface area contributed by atoms with E-state index in [0.717, 1.165) is 11.1 Å². The quantitative estimate of drug-likeness (QED) is 0.616. The second-order valence-corrected chi connectivity index (χ2v) is 6.63. The molecule has 0 aliphatic rings. The number of allylic oxidation sites excluding steroid dienone is 1. The van der Waals surface area contributed by atoms with Crippen LogP contribution in [0.1, 0.15) is 38.8 Å². The van der Waals surface area contributed by atoms with Crippen molar-refractivity contribution in [2.45, 2.75) is 46.6 Å². The van der Waals surface area contributed by atoms with Crippen molar-refractivity contribution in [3.8, 4) is 6.07 Å². The Morgan fingerprint density at radius 1 is 1.26 bits per heavy atom. The Balaban J connectivity index is 3.30.